The van der Waals surface area contributed by atoms with Crippen LogP contribution < -0.4 is 11.2 Å². The molecule has 2 unspecified atom stereocenters. The SMILES string of the molecule is CC(O)C1CCN(S(=O)(=O)c2c[nH]c(=O)[nH]c2=O)C1. The van der Waals surface area contributed by atoms with Crippen molar-refractivity contribution in [3.63, 3.8) is 0 Å². The third-order valence-electron chi connectivity index (χ3n) is 3.27. The average molecular weight is 289 g/mol. The van der Waals surface area contributed by atoms with E-state index in [1.54, 1.807) is 6.92 Å². The molecular formula is C10H15N3O5S. The zero-order chi connectivity index (χ0) is 14.2. The molecule has 0 aliphatic carbocycles. The third-order valence-corrected chi connectivity index (χ3v) is 5.14. The Morgan fingerprint density at radius 3 is 2.68 bits per heavy atom. The first-order valence-corrected chi connectivity index (χ1v) is 7.26. The molecule has 106 valence electrons. The first-order chi connectivity index (χ1) is 8.82. The van der Waals surface area contributed by atoms with Gasteiger partial charge in [0.2, 0.25) is 10.0 Å². The van der Waals surface area contributed by atoms with Gasteiger partial charge in [-0.2, -0.15) is 4.31 Å². The van der Waals surface area contributed by atoms with Crippen LogP contribution in [0.1, 0.15) is 13.3 Å². The highest BCUT2D eigenvalue weighted by Crippen LogP contribution is 2.24. The number of hydrogen-bond donors (Lipinski definition) is 3. The van der Waals surface area contributed by atoms with Crippen LogP contribution in [0.15, 0.2) is 20.7 Å². The molecule has 2 rings (SSSR count). The average Bonchev–Trinajstić information content (AvgIpc) is 2.78. The number of hydrogen-bond acceptors (Lipinski definition) is 5. The van der Waals surface area contributed by atoms with Crippen molar-refractivity contribution in [1.82, 2.24) is 14.3 Å². The highest BCUT2D eigenvalue weighted by Gasteiger charge is 2.35. The zero-order valence-electron chi connectivity index (χ0n) is 10.3. The van der Waals surface area contributed by atoms with Crippen LogP contribution >= 0.6 is 0 Å². The summed E-state index contributed by atoms with van der Waals surface area (Å²) in [6.07, 6.45) is 0.832. The monoisotopic (exact) mass is 289 g/mol. The van der Waals surface area contributed by atoms with E-state index in [1.165, 1.54) is 0 Å². The van der Waals surface area contributed by atoms with Crippen LogP contribution in [0.2, 0.25) is 0 Å². The maximum absolute atomic E-state index is 12.2. The highest BCUT2D eigenvalue weighted by molar-refractivity contribution is 7.89. The van der Waals surface area contributed by atoms with Crippen molar-refractivity contribution in [1.29, 1.82) is 0 Å². The van der Waals surface area contributed by atoms with Crippen LogP contribution in [0.5, 0.6) is 0 Å². The van der Waals surface area contributed by atoms with Crippen LogP contribution in [0.4, 0.5) is 0 Å². The van der Waals surface area contributed by atoms with Crippen LogP contribution in [0.25, 0.3) is 0 Å². The van der Waals surface area contributed by atoms with Crippen molar-refractivity contribution in [2.24, 2.45) is 5.92 Å². The smallest absolute Gasteiger partial charge is 0.325 e. The van der Waals surface area contributed by atoms with Gasteiger partial charge in [0.05, 0.1) is 6.10 Å². The van der Waals surface area contributed by atoms with Crippen LogP contribution in [0, 0.1) is 5.92 Å². The summed E-state index contributed by atoms with van der Waals surface area (Å²) in [7, 11) is -3.94. The lowest BCUT2D eigenvalue weighted by Gasteiger charge is -2.16. The summed E-state index contributed by atoms with van der Waals surface area (Å²) in [4.78, 5) is 25.9. The second-order valence-electron chi connectivity index (χ2n) is 4.59. The number of aromatic amines is 2. The fourth-order valence-corrected chi connectivity index (χ4v) is 3.60. The molecular weight excluding hydrogens is 274 g/mol. The molecule has 1 saturated heterocycles. The fourth-order valence-electron chi connectivity index (χ4n) is 2.09. The Morgan fingerprint density at radius 1 is 1.47 bits per heavy atom. The Bertz CT molecular complexity index is 675. The maximum Gasteiger partial charge on any atom is 0.325 e. The molecule has 0 spiro atoms. The molecule has 0 radical (unpaired) electrons. The lowest BCUT2D eigenvalue weighted by atomic mass is 10.0. The summed E-state index contributed by atoms with van der Waals surface area (Å²) < 4.78 is 25.6. The largest absolute Gasteiger partial charge is 0.393 e. The predicted octanol–water partition coefficient (Wildman–Crippen LogP) is -1.55. The molecule has 0 aromatic carbocycles. The Labute approximate surface area is 109 Å². The van der Waals surface area contributed by atoms with E-state index < -0.39 is 32.3 Å². The van der Waals surface area contributed by atoms with Crippen LogP contribution in [-0.4, -0.2) is 47.0 Å². The molecule has 1 fully saturated rings. The quantitative estimate of drug-likeness (QED) is 0.622. The van der Waals surface area contributed by atoms with Crippen molar-refractivity contribution in [2.45, 2.75) is 24.3 Å². The van der Waals surface area contributed by atoms with Gasteiger partial charge in [-0.3, -0.25) is 9.78 Å². The van der Waals surface area contributed by atoms with E-state index in [4.69, 9.17) is 0 Å². The van der Waals surface area contributed by atoms with E-state index in [2.05, 4.69) is 4.98 Å². The second kappa shape index (κ2) is 4.91. The zero-order valence-corrected chi connectivity index (χ0v) is 11.1. The Hall–Kier alpha value is -1.45. The molecule has 3 N–H and O–H groups in total. The van der Waals surface area contributed by atoms with Gasteiger partial charge < -0.3 is 10.1 Å². The van der Waals surface area contributed by atoms with E-state index in [0.29, 0.717) is 6.42 Å². The molecule has 1 aromatic heterocycles. The van der Waals surface area contributed by atoms with Crippen LogP contribution in [0.3, 0.4) is 0 Å². The summed E-state index contributed by atoms with van der Waals surface area (Å²) in [6.45, 7) is 2.02. The minimum absolute atomic E-state index is 0.142. The van der Waals surface area contributed by atoms with Gasteiger partial charge in [0, 0.05) is 19.3 Å². The van der Waals surface area contributed by atoms with E-state index in [1.807, 2.05) is 4.98 Å². The topological polar surface area (TPSA) is 123 Å². The molecule has 19 heavy (non-hydrogen) atoms. The lowest BCUT2D eigenvalue weighted by Crippen LogP contribution is -2.36. The van der Waals surface area contributed by atoms with Crippen LogP contribution in [-0.2, 0) is 10.0 Å². The Kier molecular flexibility index (Phi) is 3.61. The number of H-pyrrole nitrogens is 2. The van der Waals surface area contributed by atoms with Crippen molar-refractivity contribution < 1.29 is 13.5 Å². The fraction of sp³-hybridized carbons (Fsp3) is 0.600. The van der Waals surface area contributed by atoms with Crippen molar-refractivity contribution in [2.75, 3.05) is 13.1 Å². The van der Waals surface area contributed by atoms with E-state index >= 15 is 0 Å². The number of rotatable bonds is 3. The van der Waals surface area contributed by atoms with Gasteiger partial charge in [-0.25, -0.2) is 13.2 Å². The second-order valence-corrected chi connectivity index (χ2v) is 6.49. The number of aliphatic hydroxyl groups excluding tert-OH is 1. The lowest BCUT2D eigenvalue weighted by molar-refractivity contribution is 0.133. The van der Waals surface area contributed by atoms with Crippen molar-refractivity contribution in [3.8, 4) is 0 Å². The van der Waals surface area contributed by atoms with Crippen molar-refractivity contribution in [3.05, 3.63) is 27.0 Å². The third kappa shape index (κ3) is 2.62. The molecule has 0 amide bonds. The first kappa shape index (κ1) is 14.0. The molecule has 2 atom stereocenters. The summed E-state index contributed by atoms with van der Waals surface area (Å²) in [6, 6.07) is 0. The minimum atomic E-state index is -3.94. The molecule has 8 nitrogen and oxygen atoms in total. The molecule has 9 heteroatoms. The predicted molar refractivity (Wildman–Crippen MR) is 66.2 cm³/mol. The summed E-state index contributed by atoms with van der Waals surface area (Å²) >= 11 is 0. The van der Waals surface area contributed by atoms with Gasteiger partial charge in [-0.1, -0.05) is 0 Å². The van der Waals surface area contributed by atoms with Crippen molar-refractivity contribution >= 4 is 10.0 Å². The number of aromatic nitrogens is 2. The van der Waals surface area contributed by atoms with Gasteiger partial charge in [0.1, 0.15) is 0 Å². The Morgan fingerprint density at radius 2 is 2.16 bits per heavy atom. The molecule has 1 aromatic rings. The van der Waals surface area contributed by atoms with Gasteiger partial charge in [0.15, 0.2) is 4.90 Å². The molecule has 1 aliphatic rings. The standard InChI is InChI=1S/C10H15N3O5S/c1-6(14)7-2-3-13(5-7)19(17,18)8-4-11-10(16)12-9(8)15/h4,6-7,14H,2-3,5H2,1H3,(H2,11,12,15,16). The molecule has 0 bridgehead atoms. The number of sulfonamides is 1. The normalized spacial score (nSPS) is 22.5. The van der Waals surface area contributed by atoms with E-state index in [9.17, 15) is 23.1 Å². The van der Waals surface area contributed by atoms with Gasteiger partial charge in [-0.15, -0.1) is 0 Å². The summed E-state index contributed by atoms with van der Waals surface area (Å²) in [5, 5.41) is 9.46. The molecule has 2 heterocycles. The summed E-state index contributed by atoms with van der Waals surface area (Å²) in [5.41, 5.74) is -1.70. The maximum atomic E-state index is 12.2. The van der Waals surface area contributed by atoms with Gasteiger partial charge in [-0.05, 0) is 19.3 Å². The van der Waals surface area contributed by atoms with E-state index in [-0.39, 0.29) is 19.0 Å². The van der Waals surface area contributed by atoms with Gasteiger partial charge in [0.25, 0.3) is 5.56 Å². The Balaban J connectivity index is 2.34. The summed E-state index contributed by atoms with van der Waals surface area (Å²) in [5.74, 6) is -0.142. The minimum Gasteiger partial charge on any atom is -0.393 e. The number of aliphatic hydroxyl groups is 1. The van der Waals surface area contributed by atoms with E-state index in [0.717, 1.165) is 10.5 Å². The number of nitrogens with one attached hydrogen (secondary N) is 2. The molecule has 0 saturated carbocycles. The van der Waals surface area contributed by atoms with Gasteiger partial charge >= 0.3 is 5.69 Å². The highest BCUT2D eigenvalue weighted by atomic mass is 32.2. The molecule has 1 aliphatic heterocycles. The first-order valence-electron chi connectivity index (χ1n) is 5.82. The number of nitrogens with zero attached hydrogens (tertiary/aromatic N) is 1.